The first kappa shape index (κ1) is 11.9. The van der Waals surface area contributed by atoms with Crippen LogP contribution < -0.4 is 10.6 Å². The van der Waals surface area contributed by atoms with E-state index in [0.717, 1.165) is 49.7 Å². The molecule has 0 aliphatic carbocycles. The summed E-state index contributed by atoms with van der Waals surface area (Å²) in [6.07, 6.45) is 0.910. The van der Waals surface area contributed by atoms with Crippen molar-refractivity contribution in [3.63, 3.8) is 0 Å². The third-order valence-electron chi connectivity index (χ3n) is 3.19. The largest absolute Gasteiger partial charge is 0.353 e. The average molecular weight is 234 g/mol. The van der Waals surface area contributed by atoms with Gasteiger partial charge < -0.3 is 15.5 Å². The van der Waals surface area contributed by atoms with E-state index in [2.05, 4.69) is 9.88 Å². The molecule has 92 valence electrons. The second kappa shape index (κ2) is 5.14. The summed E-state index contributed by atoms with van der Waals surface area (Å²) in [6.45, 7) is 5.72. The molecule has 0 aromatic carbocycles. The summed E-state index contributed by atoms with van der Waals surface area (Å²) in [4.78, 5) is 19.2. The summed E-state index contributed by atoms with van der Waals surface area (Å²) < 4.78 is 0. The van der Waals surface area contributed by atoms with Crippen molar-refractivity contribution in [3.05, 3.63) is 23.4 Å². The van der Waals surface area contributed by atoms with Gasteiger partial charge in [0.15, 0.2) is 0 Å². The molecule has 2 heterocycles. The van der Waals surface area contributed by atoms with Crippen LogP contribution in [0.5, 0.6) is 0 Å². The fourth-order valence-electron chi connectivity index (χ4n) is 2.02. The molecule has 1 aromatic rings. The highest BCUT2D eigenvalue weighted by molar-refractivity contribution is 5.49. The van der Waals surface area contributed by atoms with Crippen molar-refractivity contribution in [2.75, 3.05) is 31.1 Å². The van der Waals surface area contributed by atoms with Gasteiger partial charge in [0, 0.05) is 38.4 Å². The molecule has 2 N–H and O–H groups in total. The summed E-state index contributed by atoms with van der Waals surface area (Å²) in [5.74, 6) is 0.977. The zero-order chi connectivity index (χ0) is 12.3. The Morgan fingerprint density at radius 1 is 1.35 bits per heavy atom. The summed E-state index contributed by atoms with van der Waals surface area (Å²) in [7, 11) is 0. The van der Waals surface area contributed by atoms with Crippen LogP contribution in [0.4, 0.5) is 5.82 Å². The van der Waals surface area contributed by atoms with Gasteiger partial charge in [-0.2, -0.15) is 0 Å². The third-order valence-corrected chi connectivity index (χ3v) is 3.19. The molecule has 2 rings (SSSR count). The minimum absolute atomic E-state index is 0.526. The molecule has 0 atom stereocenters. The van der Waals surface area contributed by atoms with Gasteiger partial charge in [-0.05, 0) is 18.6 Å². The standard InChI is InChI=1S/C12H18N4O/c1-10-11(8-13)2-3-12(14-10)16-6-4-15(9-17)5-7-16/h2-3,9H,4-8,13H2,1H3. The molecule has 0 saturated carbocycles. The molecule has 5 nitrogen and oxygen atoms in total. The van der Waals surface area contributed by atoms with Crippen molar-refractivity contribution in [1.82, 2.24) is 9.88 Å². The van der Waals surface area contributed by atoms with Crippen LogP contribution in [0.1, 0.15) is 11.3 Å². The van der Waals surface area contributed by atoms with Crippen LogP contribution in [0.15, 0.2) is 12.1 Å². The van der Waals surface area contributed by atoms with Crippen molar-refractivity contribution in [2.24, 2.45) is 5.73 Å². The first-order valence-electron chi connectivity index (χ1n) is 5.85. The molecular weight excluding hydrogens is 216 g/mol. The highest BCUT2D eigenvalue weighted by Gasteiger charge is 2.16. The van der Waals surface area contributed by atoms with Crippen molar-refractivity contribution < 1.29 is 4.79 Å². The molecule has 0 bridgehead atoms. The van der Waals surface area contributed by atoms with Crippen molar-refractivity contribution >= 4 is 12.2 Å². The summed E-state index contributed by atoms with van der Waals surface area (Å²) in [5, 5.41) is 0. The average Bonchev–Trinajstić information content (AvgIpc) is 2.39. The number of nitrogens with zero attached hydrogens (tertiary/aromatic N) is 3. The number of carbonyl (C=O) groups is 1. The van der Waals surface area contributed by atoms with Gasteiger partial charge in [-0.1, -0.05) is 6.07 Å². The van der Waals surface area contributed by atoms with Crippen LogP contribution in [0.25, 0.3) is 0 Å². The zero-order valence-corrected chi connectivity index (χ0v) is 10.1. The maximum atomic E-state index is 10.6. The van der Waals surface area contributed by atoms with Crippen LogP contribution in [0.2, 0.25) is 0 Å². The molecule has 0 unspecified atom stereocenters. The molecule has 0 spiro atoms. The van der Waals surface area contributed by atoms with Gasteiger partial charge in [0.1, 0.15) is 5.82 Å². The maximum Gasteiger partial charge on any atom is 0.209 e. The first-order chi connectivity index (χ1) is 8.24. The fourth-order valence-corrected chi connectivity index (χ4v) is 2.02. The van der Waals surface area contributed by atoms with Gasteiger partial charge in [-0.15, -0.1) is 0 Å². The number of rotatable bonds is 3. The number of anilines is 1. The number of aryl methyl sites for hydroxylation is 1. The molecule has 5 heteroatoms. The van der Waals surface area contributed by atoms with Crippen LogP contribution in [0.3, 0.4) is 0 Å². The minimum atomic E-state index is 0.526. The van der Waals surface area contributed by atoms with Gasteiger partial charge in [0.05, 0.1) is 0 Å². The number of piperazine rings is 1. The SMILES string of the molecule is Cc1nc(N2CCN(C=O)CC2)ccc1CN. The smallest absolute Gasteiger partial charge is 0.209 e. The molecule has 1 saturated heterocycles. The summed E-state index contributed by atoms with van der Waals surface area (Å²) in [6, 6.07) is 4.04. The maximum absolute atomic E-state index is 10.6. The minimum Gasteiger partial charge on any atom is -0.353 e. The fraction of sp³-hybridized carbons (Fsp3) is 0.500. The van der Waals surface area contributed by atoms with Gasteiger partial charge in [0.25, 0.3) is 0 Å². The lowest BCUT2D eigenvalue weighted by Gasteiger charge is -2.33. The van der Waals surface area contributed by atoms with Crippen molar-refractivity contribution in [3.8, 4) is 0 Å². The Balaban J connectivity index is 2.08. The lowest BCUT2D eigenvalue weighted by molar-refractivity contribution is -0.118. The molecule has 1 amide bonds. The molecule has 0 radical (unpaired) electrons. The van der Waals surface area contributed by atoms with Gasteiger partial charge in [0.2, 0.25) is 6.41 Å². The van der Waals surface area contributed by atoms with E-state index in [1.165, 1.54) is 0 Å². The zero-order valence-electron chi connectivity index (χ0n) is 10.1. The van der Waals surface area contributed by atoms with Crippen molar-refractivity contribution in [2.45, 2.75) is 13.5 Å². The van der Waals surface area contributed by atoms with E-state index in [0.29, 0.717) is 6.54 Å². The van der Waals surface area contributed by atoms with E-state index >= 15 is 0 Å². The topological polar surface area (TPSA) is 62.5 Å². The molecule has 1 aliphatic heterocycles. The number of hydrogen-bond donors (Lipinski definition) is 1. The molecule has 17 heavy (non-hydrogen) atoms. The van der Waals surface area contributed by atoms with Gasteiger partial charge >= 0.3 is 0 Å². The van der Waals surface area contributed by atoms with E-state index in [4.69, 9.17) is 5.73 Å². The highest BCUT2D eigenvalue weighted by Crippen LogP contribution is 2.16. The van der Waals surface area contributed by atoms with Gasteiger partial charge in [-0.25, -0.2) is 4.98 Å². The quantitative estimate of drug-likeness (QED) is 0.755. The van der Waals surface area contributed by atoms with E-state index < -0.39 is 0 Å². The number of nitrogens with two attached hydrogens (primary N) is 1. The number of hydrogen-bond acceptors (Lipinski definition) is 4. The Kier molecular flexibility index (Phi) is 3.58. The van der Waals surface area contributed by atoms with E-state index in [1.807, 2.05) is 19.1 Å². The molecule has 1 aromatic heterocycles. The second-order valence-electron chi connectivity index (χ2n) is 4.25. The second-order valence-corrected chi connectivity index (χ2v) is 4.25. The Morgan fingerprint density at radius 2 is 2.06 bits per heavy atom. The van der Waals surface area contributed by atoms with Crippen LogP contribution in [-0.4, -0.2) is 42.5 Å². The van der Waals surface area contributed by atoms with Gasteiger partial charge in [-0.3, -0.25) is 4.79 Å². The highest BCUT2D eigenvalue weighted by atomic mass is 16.1. The predicted molar refractivity (Wildman–Crippen MR) is 66.7 cm³/mol. The van der Waals surface area contributed by atoms with Crippen molar-refractivity contribution in [1.29, 1.82) is 0 Å². The number of aromatic nitrogens is 1. The lowest BCUT2D eigenvalue weighted by atomic mass is 10.2. The lowest BCUT2D eigenvalue weighted by Crippen LogP contribution is -2.46. The van der Waals surface area contributed by atoms with E-state index in [-0.39, 0.29) is 0 Å². The summed E-state index contributed by atoms with van der Waals surface area (Å²) in [5.41, 5.74) is 7.69. The Hall–Kier alpha value is -1.62. The first-order valence-corrected chi connectivity index (χ1v) is 5.85. The predicted octanol–water partition coefficient (Wildman–Crippen LogP) is 0.127. The number of pyridine rings is 1. The molecule has 1 aliphatic rings. The third kappa shape index (κ3) is 2.55. The molecular formula is C12H18N4O. The normalized spacial score (nSPS) is 16.1. The van der Waals surface area contributed by atoms with E-state index in [1.54, 1.807) is 4.90 Å². The van der Waals surface area contributed by atoms with Crippen LogP contribution in [0, 0.1) is 6.92 Å². The Bertz CT molecular complexity index is 399. The Morgan fingerprint density at radius 3 is 2.59 bits per heavy atom. The number of amides is 1. The Labute approximate surface area is 101 Å². The summed E-state index contributed by atoms with van der Waals surface area (Å²) >= 11 is 0. The van der Waals surface area contributed by atoms with Crippen LogP contribution >= 0.6 is 0 Å². The molecule has 1 fully saturated rings. The van der Waals surface area contributed by atoms with Crippen LogP contribution in [-0.2, 0) is 11.3 Å². The monoisotopic (exact) mass is 234 g/mol. The van der Waals surface area contributed by atoms with E-state index in [9.17, 15) is 4.79 Å². The number of carbonyl (C=O) groups excluding carboxylic acids is 1.